The van der Waals surface area contributed by atoms with Crippen LogP contribution < -0.4 is 11.1 Å². The van der Waals surface area contributed by atoms with Crippen LogP contribution >= 0.6 is 12.4 Å². The molecule has 1 saturated carbocycles. The molecule has 3 nitrogen and oxygen atoms in total. The molecule has 21 heavy (non-hydrogen) atoms. The van der Waals surface area contributed by atoms with Gasteiger partial charge >= 0.3 is 6.18 Å². The van der Waals surface area contributed by atoms with Gasteiger partial charge in [0.2, 0.25) is 5.91 Å². The first-order valence-electron chi connectivity index (χ1n) is 6.49. The number of benzene rings is 1. The Morgan fingerprint density at radius 1 is 1.38 bits per heavy atom. The molecule has 7 heteroatoms. The molecule has 3 N–H and O–H groups in total. The van der Waals surface area contributed by atoms with E-state index in [9.17, 15) is 18.0 Å². The Bertz CT molecular complexity index is 515. The van der Waals surface area contributed by atoms with Crippen LogP contribution in [-0.4, -0.2) is 11.4 Å². The first-order chi connectivity index (χ1) is 9.22. The topological polar surface area (TPSA) is 55.1 Å². The fourth-order valence-electron chi connectivity index (χ4n) is 2.19. The second-order valence-electron chi connectivity index (χ2n) is 5.33. The second-order valence-corrected chi connectivity index (χ2v) is 5.33. The lowest BCUT2D eigenvalue weighted by atomic mass is 9.77. The standard InChI is InChI=1S/C14H17F3N2O.ClH/c1-9(19-12(20)13(18)6-3-7-13)10-4-2-5-11(8-10)14(15,16)17;/h2,4-5,8-9H,3,6-7,18H2,1H3,(H,19,20);1H. The molecule has 1 unspecified atom stereocenters. The molecule has 1 fully saturated rings. The van der Waals surface area contributed by atoms with E-state index in [2.05, 4.69) is 5.32 Å². The number of amides is 1. The van der Waals surface area contributed by atoms with Crippen molar-refractivity contribution in [1.82, 2.24) is 5.32 Å². The molecule has 118 valence electrons. The first-order valence-corrected chi connectivity index (χ1v) is 6.49. The third kappa shape index (κ3) is 3.89. The van der Waals surface area contributed by atoms with Gasteiger partial charge in [0.05, 0.1) is 17.1 Å². The fourth-order valence-corrected chi connectivity index (χ4v) is 2.19. The Kier molecular flexibility index (Phi) is 5.28. The van der Waals surface area contributed by atoms with Gasteiger partial charge in [0.15, 0.2) is 0 Å². The van der Waals surface area contributed by atoms with E-state index < -0.39 is 23.3 Å². The highest BCUT2D eigenvalue weighted by atomic mass is 35.5. The second kappa shape index (κ2) is 6.23. The van der Waals surface area contributed by atoms with Crippen LogP contribution in [0.4, 0.5) is 13.2 Å². The summed E-state index contributed by atoms with van der Waals surface area (Å²) in [6.07, 6.45) is -2.24. The molecule has 0 aliphatic heterocycles. The van der Waals surface area contributed by atoms with Crippen molar-refractivity contribution in [3.8, 4) is 0 Å². The number of carbonyl (C=O) groups is 1. The van der Waals surface area contributed by atoms with Gasteiger partial charge in [0.25, 0.3) is 0 Å². The summed E-state index contributed by atoms with van der Waals surface area (Å²) in [5.41, 5.74) is 4.72. The highest BCUT2D eigenvalue weighted by Gasteiger charge is 2.40. The lowest BCUT2D eigenvalue weighted by Gasteiger charge is -2.37. The Morgan fingerprint density at radius 3 is 2.48 bits per heavy atom. The zero-order valence-corrected chi connectivity index (χ0v) is 12.4. The van der Waals surface area contributed by atoms with Crippen molar-refractivity contribution in [2.75, 3.05) is 0 Å². The molecule has 0 saturated heterocycles. The van der Waals surface area contributed by atoms with Crippen molar-refractivity contribution in [3.05, 3.63) is 35.4 Å². The van der Waals surface area contributed by atoms with E-state index in [0.29, 0.717) is 18.4 Å². The van der Waals surface area contributed by atoms with Gasteiger partial charge in [0, 0.05) is 0 Å². The SMILES string of the molecule is CC(NC(=O)C1(N)CCC1)c1cccc(C(F)(F)F)c1.Cl. The van der Waals surface area contributed by atoms with E-state index in [1.807, 2.05) is 0 Å². The molecule has 0 radical (unpaired) electrons. The monoisotopic (exact) mass is 322 g/mol. The lowest BCUT2D eigenvalue weighted by Crippen LogP contribution is -2.58. The largest absolute Gasteiger partial charge is 0.416 e. The number of rotatable bonds is 3. The lowest BCUT2D eigenvalue weighted by molar-refractivity contribution is -0.137. The Hall–Kier alpha value is -1.27. The van der Waals surface area contributed by atoms with E-state index in [4.69, 9.17) is 5.73 Å². The molecule has 1 atom stereocenters. The van der Waals surface area contributed by atoms with E-state index in [0.717, 1.165) is 18.6 Å². The van der Waals surface area contributed by atoms with E-state index >= 15 is 0 Å². The minimum Gasteiger partial charge on any atom is -0.348 e. The zero-order chi connectivity index (χ0) is 15.0. The predicted octanol–water partition coefficient (Wildman–Crippen LogP) is 3.19. The van der Waals surface area contributed by atoms with Crippen LogP contribution in [0.1, 0.15) is 43.4 Å². The molecule has 0 spiro atoms. The highest BCUT2D eigenvalue weighted by molar-refractivity contribution is 5.87. The summed E-state index contributed by atoms with van der Waals surface area (Å²) in [5, 5.41) is 2.69. The van der Waals surface area contributed by atoms with Crippen molar-refractivity contribution in [2.45, 2.75) is 43.9 Å². The predicted molar refractivity (Wildman–Crippen MR) is 76.0 cm³/mol. The maximum Gasteiger partial charge on any atom is 0.416 e. The molecule has 0 heterocycles. The quantitative estimate of drug-likeness (QED) is 0.898. The van der Waals surface area contributed by atoms with Crippen LogP contribution in [-0.2, 0) is 11.0 Å². The number of hydrogen-bond donors (Lipinski definition) is 2. The molecule has 1 amide bonds. The summed E-state index contributed by atoms with van der Waals surface area (Å²) in [7, 11) is 0. The summed E-state index contributed by atoms with van der Waals surface area (Å²) < 4.78 is 37.9. The van der Waals surface area contributed by atoms with Crippen LogP contribution in [0.25, 0.3) is 0 Å². The molecule has 1 aromatic carbocycles. The van der Waals surface area contributed by atoms with Gasteiger partial charge in [-0.15, -0.1) is 12.4 Å². The van der Waals surface area contributed by atoms with Crippen LogP contribution in [0, 0.1) is 0 Å². The molecular formula is C14H18ClF3N2O. The Labute approximate surface area is 127 Å². The van der Waals surface area contributed by atoms with Crippen LogP contribution in [0.2, 0.25) is 0 Å². The number of halogens is 4. The molecule has 1 aliphatic carbocycles. The third-order valence-electron chi connectivity index (χ3n) is 3.76. The number of nitrogens with one attached hydrogen (secondary N) is 1. The van der Waals surface area contributed by atoms with Crippen molar-refractivity contribution in [2.24, 2.45) is 5.73 Å². The normalized spacial score (nSPS) is 18.1. The van der Waals surface area contributed by atoms with Gasteiger partial charge in [-0.3, -0.25) is 4.79 Å². The van der Waals surface area contributed by atoms with Crippen molar-refractivity contribution in [3.63, 3.8) is 0 Å². The van der Waals surface area contributed by atoms with E-state index in [1.165, 1.54) is 6.07 Å². The average Bonchev–Trinajstić information content (AvgIpc) is 2.34. The third-order valence-corrected chi connectivity index (χ3v) is 3.76. The van der Waals surface area contributed by atoms with E-state index in [-0.39, 0.29) is 18.3 Å². The zero-order valence-electron chi connectivity index (χ0n) is 11.5. The van der Waals surface area contributed by atoms with Crippen molar-refractivity contribution >= 4 is 18.3 Å². The Balaban J connectivity index is 0.00000220. The number of hydrogen-bond acceptors (Lipinski definition) is 2. The molecular weight excluding hydrogens is 305 g/mol. The molecule has 2 rings (SSSR count). The van der Waals surface area contributed by atoms with Crippen LogP contribution in [0.3, 0.4) is 0 Å². The van der Waals surface area contributed by atoms with Gasteiger partial charge < -0.3 is 11.1 Å². The molecule has 1 aliphatic rings. The molecule has 0 aromatic heterocycles. The molecule has 1 aromatic rings. The minimum atomic E-state index is -4.39. The van der Waals surface area contributed by atoms with Gasteiger partial charge in [-0.1, -0.05) is 12.1 Å². The summed E-state index contributed by atoms with van der Waals surface area (Å²) in [4.78, 5) is 12.0. The average molecular weight is 323 g/mol. The van der Waals surface area contributed by atoms with Crippen molar-refractivity contribution in [1.29, 1.82) is 0 Å². The van der Waals surface area contributed by atoms with Gasteiger partial charge in [-0.2, -0.15) is 13.2 Å². The Morgan fingerprint density at radius 2 is 2.00 bits per heavy atom. The number of alkyl halides is 3. The smallest absolute Gasteiger partial charge is 0.348 e. The van der Waals surface area contributed by atoms with Gasteiger partial charge in [-0.25, -0.2) is 0 Å². The summed E-state index contributed by atoms with van der Waals surface area (Å²) in [6.45, 7) is 1.65. The van der Waals surface area contributed by atoms with E-state index in [1.54, 1.807) is 13.0 Å². The highest BCUT2D eigenvalue weighted by Crippen LogP contribution is 2.32. The van der Waals surface area contributed by atoms with Gasteiger partial charge in [0.1, 0.15) is 0 Å². The molecule has 0 bridgehead atoms. The van der Waals surface area contributed by atoms with Crippen molar-refractivity contribution < 1.29 is 18.0 Å². The minimum absolute atomic E-state index is 0. The first kappa shape index (κ1) is 17.8. The maximum atomic E-state index is 12.6. The summed E-state index contributed by atoms with van der Waals surface area (Å²) in [5.74, 6) is -0.298. The number of carbonyl (C=O) groups excluding carboxylic acids is 1. The fraction of sp³-hybridized carbons (Fsp3) is 0.500. The summed E-state index contributed by atoms with van der Waals surface area (Å²) in [6, 6.07) is 4.45. The van der Waals surface area contributed by atoms with Gasteiger partial charge in [-0.05, 0) is 43.9 Å². The van der Waals surface area contributed by atoms with Crippen LogP contribution in [0.15, 0.2) is 24.3 Å². The number of nitrogens with two attached hydrogens (primary N) is 1. The summed E-state index contributed by atoms with van der Waals surface area (Å²) >= 11 is 0. The maximum absolute atomic E-state index is 12.6. The van der Waals surface area contributed by atoms with Crippen LogP contribution in [0.5, 0.6) is 0 Å².